The number of para-hydroxylation sites is 1. The van der Waals surface area contributed by atoms with E-state index in [4.69, 9.17) is 0 Å². The predicted molar refractivity (Wildman–Crippen MR) is 99.4 cm³/mol. The average molecular weight is 343 g/mol. The first-order valence-corrected chi connectivity index (χ1v) is 9.60. The maximum atomic E-state index is 12.9. The smallest absolute Gasteiger partial charge is 0.321 e. The van der Waals surface area contributed by atoms with Crippen molar-refractivity contribution in [2.24, 2.45) is 5.92 Å². The van der Waals surface area contributed by atoms with Gasteiger partial charge in [0.1, 0.15) is 0 Å². The molecule has 1 aromatic rings. The molecule has 0 spiro atoms. The molecule has 2 saturated heterocycles. The van der Waals surface area contributed by atoms with Crippen LogP contribution in [0.5, 0.6) is 0 Å². The van der Waals surface area contributed by atoms with E-state index >= 15 is 0 Å². The summed E-state index contributed by atoms with van der Waals surface area (Å²) in [6.07, 6.45) is 6.09. The quantitative estimate of drug-likeness (QED) is 0.909. The zero-order valence-electron chi connectivity index (χ0n) is 15.1. The van der Waals surface area contributed by atoms with Gasteiger partial charge in [0.25, 0.3) is 0 Å². The molecule has 5 nitrogen and oxygen atoms in total. The second-order valence-corrected chi connectivity index (χ2v) is 7.15. The van der Waals surface area contributed by atoms with E-state index in [0.717, 1.165) is 44.3 Å². The third-order valence-corrected chi connectivity index (χ3v) is 5.54. The van der Waals surface area contributed by atoms with Gasteiger partial charge in [-0.25, -0.2) is 4.79 Å². The van der Waals surface area contributed by atoms with E-state index in [1.54, 1.807) is 0 Å². The summed E-state index contributed by atoms with van der Waals surface area (Å²) in [5.41, 5.74) is 0.810. The van der Waals surface area contributed by atoms with Gasteiger partial charge in [-0.2, -0.15) is 0 Å². The van der Waals surface area contributed by atoms with E-state index in [-0.39, 0.29) is 11.9 Å². The number of benzene rings is 1. The first kappa shape index (κ1) is 17.8. The Kier molecular flexibility index (Phi) is 5.95. The van der Waals surface area contributed by atoms with Crippen molar-refractivity contribution in [2.45, 2.75) is 51.5 Å². The van der Waals surface area contributed by atoms with Crippen LogP contribution >= 0.6 is 0 Å². The Morgan fingerprint density at radius 3 is 2.44 bits per heavy atom. The van der Waals surface area contributed by atoms with Crippen LogP contribution in [-0.4, -0.2) is 47.4 Å². The van der Waals surface area contributed by atoms with Gasteiger partial charge in [0.15, 0.2) is 0 Å². The number of carbonyl (C=O) groups excluding carboxylic acids is 2. The Morgan fingerprint density at radius 1 is 1.04 bits per heavy atom. The van der Waals surface area contributed by atoms with E-state index in [1.807, 2.05) is 35.2 Å². The fraction of sp³-hybridized carbons (Fsp3) is 0.600. The maximum absolute atomic E-state index is 12.9. The Morgan fingerprint density at radius 2 is 1.76 bits per heavy atom. The summed E-state index contributed by atoms with van der Waals surface area (Å²) in [6.45, 7) is 4.39. The van der Waals surface area contributed by atoms with Gasteiger partial charge in [-0.15, -0.1) is 0 Å². The van der Waals surface area contributed by atoms with Gasteiger partial charge >= 0.3 is 6.03 Å². The lowest BCUT2D eigenvalue weighted by Crippen LogP contribution is -2.49. The van der Waals surface area contributed by atoms with Crippen molar-refractivity contribution >= 4 is 17.6 Å². The van der Waals surface area contributed by atoms with Crippen molar-refractivity contribution in [2.75, 3.05) is 25.0 Å². The lowest BCUT2D eigenvalue weighted by atomic mass is 9.92. The average Bonchev–Trinajstić information content (AvgIpc) is 2.68. The third kappa shape index (κ3) is 4.33. The molecule has 2 aliphatic rings. The minimum absolute atomic E-state index is 0.0680. The van der Waals surface area contributed by atoms with Gasteiger partial charge in [-0.3, -0.25) is 4.79 Å². The number of amides is 3. The number of anilines is 1. The molecular formula is C20H29N3O2. The van der Waals surface area contributed by atoms with Gasteiger partial charge in [0, 0.05) is 37.3 Å². The number of rotatable bonds is 3. The SMILES string of the molecule is CCC1CCCCN1C(=O)C1CCN(C(=O)Nc2ccccc2)CC1. The molecule has 136 valence electrons. The van der Waals surface area contributed by atoms with Crippen LogP contribution in [0.2, 0.25) is 0 Å². The number of hydrogen-bond donors (Lipinski definition) is 1. The molecule has 1 unspecified atom stereocenters. The van der Waals surface area contributed by atoms with Crippen LogP contribution in [0.4, 0.5) is 10.5 Å². The summed E-state index contributed by atoms with van der Waals surface area (Å²) < 4.78 is 0. The van der Waals surface area contributed by atoms with Crippen molar-refractivity contribution in [3.05, 3.63) is 30.3 Å². The Balaban J connectivity index is 1.51. The molecule has 0 radical (unpaired) electrons. The zero-order valence-corrected chi connectivity index (χ0v) is 15.1. The van der Waals surface area contributed by atoms with Gasteiger partial charge < -0.3 is 15.1 Å². The molecule has 2 heterocycles. The lowest BCUT2D eigenvalue weighted by molar-refractivity contribution is -0.140. The normalized spacial score (nSPS) is 21.9. The lowest BCUT2D eigenvalue weighted by Gasteiger charge is -2.39. The van der Waals surface area contributed by atoms with Crippen LogP contribution in [0, 0.1) is 5.92 Å². The zero-order chi connectivity index (χ0) is 17.6. The van der Waals surface area contributed by atoms with Crippen LogP contribution < -0.4 is 5.32 Å². The third-order valence-electron chi connectivity index (χ3n) is 5.54. The molecule has 25 heavy (non-hydrogen) atoms. The highest BCUT2D eigenvalue weighted by Crippen LogP contribution is 2.26. The van der Waals surface area contributed by atoms with Crippen molar-refractivity contribution in [1.29, 1.82) is 0 Å². The molecular weight excluding hydrogens is 314 g/mol. The van der Waals surface area contributed by atoms with E-state index in [2.05, 4.69) is 17.1 Å². The summed E-state index contributed by atoms with van der Waals surface area (Å²) in [6, 6.07) is 9.86. The number of nitrogens with one attached hydrogen (secondary N) is 1. The molecule has 0 bridgehead atoms. The second-order valence-electron chi connectivity index (χ2n) is 7.15. The Labute approximate surface area is 150 Å². The van der Waals surface area contributed by atoms with Gasteiger partial charge in [-0.05, 0) is 50.7 Å². The molecule has 1 aromatic carbocycles. The van der Waals surface area contributed by atoms with Crippen molar-refractivity contribution in [3.8, 4) is 0 Å². The van der Waals surface area contributed by atoms with E-state index < -0.39 is 0 Å². The van der Waals surface area contributed by atoms with Crippen molar-refractivity contribution in [3.63, 3.8) is 0 Å². The molecule has 2 fully saturated rings. The summed E-state index contributed by atoms with van der Waals surface area (Å²) in [7, 11) is 0. The molecule has 5 heteroatoms. The largest absolute Gasteiger partial charge is 0.339 e. The number of hydrogen-bond acceptors (Lipinski definition) is 2. The standard InChI is InChI=1S/C20H29N3O2/c1-2-18-10-6-7-13-23(18)19(24)16-11-14-22(15-12-16)20(25)21-17-8-4-3-5-9-17/h3-5,8-9,16,18H,2,6-7,10-15H2,1H3,(H,21,25). The van der Waals surface area contributed by atoms with E-state index in [9.17, 15) is 9.59 Å². The molecule has 1 atom stereocenters. The van der Waals surface area contributed by atoms with E-state index in [0.29, 0.717) is 25.0 Å². The number of nitrogens with zero attached hydrogens (tertiary/aromatic N) is 2. The first-order chi connectivity index (χ1) is 12.2. The number of carbonyl (C=O) groups is 2. The van der Waals surface area contributed by atoms with Gasteiger partial charge in [0.2, 0.25) is 5.91 Å². The van der Waals surface area contributed by atoms with Crippen LogP contribution in [0.15, 0.2) is 30.3 Å². The maximum Gasteiger partial charge on any atom is 0.321 e. The van der Waals surface area contributed by atoms with Gasteiger partial charge in [-0.1, -0.05) is 25.1 Å². The van der Waals surface area contributed by atoms with Crippen LogP contribution in [0.3, 0.4) is 0 Å². The number of urea groups is 1. The fourth-order valence-corrected chi connectivity index (χ4v) is 4.00. The predicted octanol–water partition coefficient (Wildman–Crippen LogP) is 3.72. The fourth-order valence-electron chi connectivity index (χ4n) is 4.00. The summed E-state index contributed by atoms with van der Waals surface area (Å²) in [4.78, 5) is 29.2. The highest BCUT2D eigenvalue weighted by Gasteiger charge is 2.33. The van der Waals surface area contributed by atoms with Crippen molar-refractivity contribution in [1.82, 2.24) is 9.80 Å². The summed E-state index contributed by atoms with van der Waals surface area (Å²) >= 11 is 0. The minimum atomic E-state index is -0.0680. The second kappa shape index (κ2) is 8.37. The summed E-state index contributed by atoms with van der Waals surface area (Å²) in [5, 5.41) is 2.93. The Bertz CT molecular complexity index is 582. The Hall–Kier alpha value is -2.04. The molecule has 0 aromatic heterocycles. The number of likely N-dealkylation sites (tertiary alicyclic amines) is 2. The van der Waals surface area contributed by atoms with Gasteiger partial charge in [0.05, 0.1) is 0 Å². The number of piperidine rings is 2. The topological polar surface area (TPSA) is 52.7 Å². The van der Waals surface area contributed by atoms with Crippen LogP contribution in [0.25, 0.3) is 0 Å². The monoisotopic (exact) mass is 343 g/mol. The molecule has 0 saturated carbocycles. The molecule has 3 rings (SSSR count). The molecule has 2 aliphatic heterocycles. The molecule has 0 aliphatic carbocycles. The molecule has 3 amide bonds. The first-order valence-electron chi connectivity index (χ1n) is 9.60. The highest BCUT2D eigenvalue weighted by molar-refractivity contribution is 5.89. The van der Waals surface area contributed by atoms with Crippen molar-refractivity contribution < 1.29 is 9.59 Å². The van der Waals surface area contributed by atoms with Crippen LogP contribution in [-0.2, 0) is 4.79 Å². The summed E-state index contributed by atoms with van der Waals surface area (Å²) in [5.74, 6) is 0.391. The van der Waals surface area contributed by atoms with Crippen LogP contribution in [0.1, 0.15) is 45.4 Å². The minimum Gasteiger partial charge on any atom is -0.339 e. The van der Waals surface area contributed by atoms with E-state index in [1.165, 1.54) is 6.42 Å². The highest BCUT2D eigenvalue weighted by atomic mass is 16.2. The molecule has 1 N–H and O–H groups in total.